The van der Waals surface area contributed by atoms with Gasteiger partial charge in [-0.1, -0.05) is 29.8 Å². The molecule has 0 aliphatic carbocycles. The topological polar surface area (TPSA) is 78.5 Å². The summed E-state index contributed by atoms with van der Waals surface area (Å²) >= 11 is 14.1. The Morgan fingerprint density at radius 3 is 2.52 bits per heavy atom. The average Bonchev–Trinajstić information content (AvgIpc) is 2.57. The first kappa shape index (κ1) is 20.8. The van der Waals surface area contributed by atoms with Crippen molar-refractivity contribution in [3.05, 3.63) is 37.7 Å². The van der Waals surface area contributed by atoms with E-state index in [1.54, 1.807) is 17.0 Å². The molecule has 1 aromatic rings. The smallest absolute Gasteiger partial charge is 0.241 e. The zero-order chi connectivity index (χ0) is 18.6. The van der Waals surface area contributed by atoms with Gasteiger partial charge < -0.3 is 10.2 Å². The monoisotopic (exact) mass is 517 g/mol. The largest absolute Gasteiger partial charge is 0.375 e. The van der Waals surface area contributed by atoms with E-state index >= 15 is 0 Å². The Hall–Kier alpha value is -0.550. The molecular weight excluding hydrogens is 500 g/mol. The number of nitrogens with one attached hydrogen (secondary N) is 2. The summed E-state index contributed by atoms with van der Waals surface area (Å²) in [4.78, 5) is 14.0. The van der Waals surface area contributed by atoms with E-state index in [1.165, 1.54) is 0 Å². The summed E-state index contributed by atoms with van der Waals surface area (Å²) in [5.41, 5.74) is 0.747. The van der Waals surface area contributed by atoms with Crippen LogP contribution in [-0.4, -0.2) is 44.9 Å². The lowest BCUT2D eigenvalue weighted by molar-refractivity contribution is -0.130. The van der Waals surface area contributed by atoms with Crippen LogP contribution in [0.15, 0.2) is 24.1 Å². The van der Waals surface area contributed by atoms with Crippen LogP contribution in [-0.2, 0) is 14.8 Å². The van der Waals surface area contributed by atoms with E-state index in [4.69, 9.17) is 23.2 Å². The van der Waals surface area contributed by atoms with Crippen LogP contribution in [0.3, 0.4) is 0 Å². The van der Waals surface area contributed by atoms with Crippen LogP contribution < -0.4 is 10.0 Å². The highest BCUT2D eigenvalue weighted by Crippen LogP contribution is 2.30. The summed E-state index contributed by atoms with van der Waals surface area (Å²) in [5, 5.41) is 4.85. The summed E-state index contributed by atoms with van der Waals surface area (Å²) in [7, 11) is -3.44. The van der Waals surface area contributed by atoms with Gasteiger partial charge in [-0.15, -0.1) is 0 Å². The summed E-state index contributed by atoms with van der Waals surface area (Å²) in [6.07, 6.45) is 1.15. The number of hydrogen-bond donors (Lipinski definition) is 2. The Morgan fingerprint density at radius 2 is 1.92 bits per heavy atom. The van der Waals surface area contributed by atoms with E-state index in [0.29, 0.717) is 36.0 Å². The van der Waals surface area contributed by atoms with Gasteiger partial charge in [0, 0.05) is 33.8 Å². The molecule has 0 radical (unpaired) electrons. The summed E-state index contributed by atoms with van der Waals surface area (Å²) < 4.78 is 26.4. The van der Waals surface area contributed by atoms with Gasteiger partial charge in [-0.3, -0.25) is 4.79 Å². The van der Waals surface area contributed by atoms with E-state index in [9.17, 15) is 13.2 Å². The van der Waals surface area contributed by atoms with Gasteiger partial charge in [-0.05, 0) is 47.6 Å². The average molecular weight is 518 g/mol. The van der Waals surface area contributed by atoms with Crippen LogP contribution in [0.25, 0.3) is 0 Å². The molecule has 0 unspecified atom stereocenters. The van der Waals surface area contributed by atoms with E-state index < -0.39 is 10.0 Å². The fraction of sp³-hybridized carbons (Fsp3) is 0.400. The second-order valence-corrected chi connectivity index (χ2v) is 9.22. The van der Waals surface area contributed by atoms with Gasteiger partial charge in [0.2, 0.25) is 15.9 Å². The lowest BCUT2D eigenvalue weighted by atomic mass is 10.1. The number of benzene rings is 1. The van der Waals surface area contributed by atoms with E-state index in [2.05, 4.69) is 39.2 Å². The third kappa shape index (κ3) is 5.99. The zero-order valence-corrected chi connectivity index (χ0v) is 17.8. The number of sulfonamides is 1. The number of rotatable bonds is 6. The molecule has 1 saturated heterocycles. The third-order valence-corrected chi connectivity index (χ3v) is 6.55. The molecule has 0 saturated carbocycles. The van der Waals surface area contributed by atoms with Gasteiger partial charge in [-0.25, -0.2) is 13.1 Å². The molecule has 1 aromatic carbocycles. The van der Waals surface area contributed by atoms with Gasteiger partial charge in [0.1, 0.15) is 0 Å². The lowest BCUT2D eigenvalue weighted by Crippen LogP contribution is -2.47. The predicted octanol–water partition coefficient (Wildman–Crippen LogP) is 3.06. The first-order valence-corrected chi connectivity index (χ1v) is 10.9. The number of piperidine rings is 1. The number of hydrogen-bond acceptors (Lipinski definition) is 4. The van der Waals surface area contributed by atoms with Crippen molar-refractivity contribution < 1.29 is 13.2 Å². The maximum Gasteiger partial charge on any atom is 0.241 e. The molecule has 1 aliphatic rings. The minimum Gasteiger partial charge on any atom is -0.375 e. The van der Waals surface area contributed by atoms with Crippen molar-refractivity contribution >= 4 is 67.4 Å². The molecule has 2 N–H and O–H groups in total. The van der Waals surface area contributed by atoms with Crippen molar-refractivity contribution in [3.63, 3.8) is 0 Å². The molecule has 0 spiro atoms. The molecule has 25 heavy (non-hydrogen) atoms. The highest BCUT2D eigenvalue weighted by molar-refractivity contribution is 14.1. The molecule has 1 aliphatic heterocycles. The molecule has 0 aromatic heterocycles. The van der Waals surface area contributed by atoms with E-state index in [0.717, 1.165) is 14.7 Å². The van der Waals surface area contributed by atoms with Crippen LogP contribution in [0.1, 0.15) is 12.8 Å². The fourth-order valence-electron chi connectivity index (χ4n) is 2.47. The maximum atomic E-state index is 12.3. The molecule has 138 valence electrons. The molecule has 0 bridgehead atoms. The minimum atomic E-state index is -3.44. The van der Waals surface area contributed by atoms with Crippen LogP contribution in [0.4, 0.5) is 5.69 Å². The highest BCUT2D eigenvalue weighted by atomic mass is 127. The molecule has 1 heterocycles. The van der Waals surface area contributed by atoms with Gasteiger partial charge in [-0.2, -0.15) is 0 Å². The van der Waals surface area contributed by atoms with Crippen molar-refractivity contribution in [1.29, 1.82) is 0 Å². The fourth-order valence-corrected chi connectivity index (χ4v) is 4.43. The number of carbonyl (C=O) groups is 1. The molecule has 2 rings (SSSR count). The normalized spacial score (nSPS) is 15.9. The Morgan fingerprint density at radius 1 is 1.32 bits per heavy atom. The van der Waals surface area contributed by atoms with Gasteiger partial charge in [0.25, 0.3) is 0 Å². The molecule has 0 atom stereocenters. The van der Waals surface area contributed by atoms with E-state index in [-0.39, 0.29) is 18.5 Å². The van der Waals surface area contributed by atoms with Crippen molar-refractivity contribution in [2.45, 2.75) is 18.9 Å². The summed E-state index contributed by atoms with van der Waals surface area (Å²) in [6.45, 7) is 4.41. The van der Waals surface area contributed by atoms with Gasteiger partial charge in [0.05, 0.1) is 16.6 Å². The summed E-state index contributed by atoms with van der Waals surface area (Å²) in [6, 6.07) is 3.25. The first-order chi connectivity index (χ1) is 11.7. The lowest BCUT2D eigenvalue weighted by Gasteiger charge is -2.32. The molecule has 1 fully saturated rings. The molecule has 1 amide bonds. The standard InChI is InChI=1S/C15H18Cl2IN3O3S/c1-2-25(23,24)20-10-3-5-21(6-4-10)15(22)9-19-14-8-12(17)11(16)7-13(14)18/h2,7-8,10,19-20H,1,3-6,9H2. The minimum absolute atomic E-state index is 0.0492. The van der Waals surface area contributed by atoms with Crippen LogP contribution in [0, 0.1) is 3.57 Å². The SMILES string of the molecule is C=CS(=O)(=O)NC1CCN(C(=O)CNc2cc(Cl)c(Cl)cc2I)CC1. The Kier molecular flexibility index (Phi) is 7.39. The second kappa shape index (κ2) is 8.90. The van der Waals surface area contributed by atoms with Crippen LogP contribution in [0.5, 0.6) is 0 Å². The Balaban J connectivity index is 1.85. The molecular formula is C15H18Cl2IN3O3S. The number of carbonyl (C=O) groups excluding carboxylic acids is 1. The Bertz CT molecular complexity index is 766. The van der Waals surface area contributed by atoms with E-state index in [1.807, 2.05) is 0 Å². The number of anilines is 1. The van der Waals surface area contributed by atoms with Gasteiger partial charge in [0.15, 0.2) is 0 Å². The molecule has 10 heteroatoms. The van der Waals surface area contributed by atoms with Crippen molar-refractivity contribution in [2.75, 3.05) is 25.0 Å². The zero-order valence-electron chi connectivity index (χ0n) is 13.3. The van der Waals surface area contributed by atoms with Crippen molar-refractivity contribution in [1.82, 2.24) is 9.62 Å². The van der Waals surface area contributed by atoms with Crippen LogP contribution >= 0.6 is 45.8 Å². The maximum absolute atomic E-state index is 12.3. The first-order valence-electron chi connectivity index (χ1n) is 7.53. The third-order valence-electron chi connectivity index (χ3n) is 3.84. The second-order valence-electron chi connectivity index (χ2n) is 5.58. The number of nitrogens with zero attached hydrogens (tertiary/aromatic N) is 1. The number of amides is 1. The van der Waals surface area contributed by atoms with Crippen molar-refractivity contribution in [2.24, 2.45) is 0 Å². The predicted molar refractivity (Wildman–Crippen MR) is 110 cm³/mol. The Labute approximate surface area is 171 Å². The van der Waals surface area contributed by atoms with Gasteiger partial charge >= 0.3 is 0 Å². The summed E-state index contributed by atoms with van der Waals surface area (Å²) in [5.74, 6) is -0.0492. The number of likely N-dealkylation sites (tertiary alicyclic amines) is 1. The van der Waals surface area contributed by atoms with Crippen molar-refractivity contribution in [3.8, 4) is 0 Å². The quantitative estimate of drug-likeness (QED) is 0.449. The molecule has 6 nitrogen and oxygen atoms in total. The number of halogens is 3. The highest BCUT2D eigenvalue weighted by Gasteiger charge is 2.24. The van der Waals surface area contributed by atoms with Crippen LogP contribution in [0.2, 0.25) is 10.0 Å².